The van der Waals surface area contributed by atoms with Crippen molar-refractivity contribution in [3.05, 3.63) is 24.2 Å². The quantitative estimate of drug-likeness (QED) is 0.861. The first-order chi connectivity index (χ1) is 11.0. The van der Waals surface area contributed by atoms with E-state index >= 15 is 0 Å². The third-order valence-corrected chi connectivity index (χ3v) is 7.26. The lowest BCUT2D eigenvalue weighted by molar-refractivity contribution is -0.128. The number of aliphatic hydroxyl groups excluding tert-OH is 2. The summed E-state index contributed by atoms with van der Waals surface area (Å²) in [5, 5.41) is 20.0. The van der Waals surface area contributed by atoms with Crippen LogP contribution in [0.5, 0.6) is 0 Å². The summed E-state index contributed by atoms with van der Waals surface area (Å²) < 4.78 is 5.21. The van der Waals surface area contributed by atoms with E-state index in [1.165, 1.54) is 18.4 Å². The average molecular weight is 320 g/mol. The minimum Gasteiger partial charge on any atom is -0.472 e. The second-order valence-electron chi connectivity index (χ2n) is 8.52. The van der Waals surface area contributed by atoms with E-state index in [0.717, 1.165) is 32.1 Å². The molecule has 0 unspecified atom stereocenters. The lowest BCUT2D eigenvalue weighted by Crippen LogP contribution is -2.54. The van der Waals surface area contributed by atoms with E-state index in [2.05, 4.69) is 19.9 Å². The third kappa shape index (κ3) is 2.98. The van der Waals surface area contributed by atoms with E-state index in [4.69, 9.17) is 4.42 Å². The van der Waals surface area contributed by atoms with Crippen LogP contribution in [-0.4, -0.2) is 23.4 Å². The molecule has 0 spiro atoms. The lowest BCUT2D eigenvalue weighted by atomic mass is 9.45. The predicted octanol–water partition coefficient (Wildman–Crippen LogP) is 4.04. The molecule has 23 heavy (non-hydrogen) atoms. The number of fused-ring (bicyclic) bond motifs is 1. The maximum Gasteiger partial charge on any atom is 0.0934 e. The van der Waals surface area contributed by atoms with E-state index < -0.39 is 0 Å². The Morgan fingerprint density at radius 2 is 2.04 bits per heavy atom. The number of hydrogen-bond donors (Lipinski definition) is 2. The summed E-state index contributed by atoms with van der Waals surface area (Å²) in [4.78, 5) is 0. The van der Waals surface area contributed by atoms with Crippen LogP contribution >= 0.6 is 0 Å². The molecule has 1 aromatic rings. The first-order valence-corrected chi connectivity index (χ1v) is 9.26. The molecule has 1 aromatic heterocycles. The molecular weight excluding hydrogens is 288 g/mol. The zero-order valence-electron chi connectivity index (χ0n) is 14.6. The van der Waals surface area contributed by atoms with E-state index in [9.17, 15) is 10.2 Å². The fourth-order valence-electron chi connectivity index (χ4n) is 5.99. The largest absolute Gasteiger partial charge is 0.472 e. The van der Waals surface area contributed by atoms with Crippen LogP contribution in [0.3, 0.4) is 0 Å². The van der Waals surface area contributed by atoms with E-state index in [0.29, 0.717) is 31.0 Å². The Hall–Kier alpha value is -0.800. The van der Waals surface area contributed by atoms with Gasteiger partial charge in [-0.1, -0.05) is 20.3 Å². The molecule has 2 aliphatic carbocycles. The van der Waals surface area contributed by atoms with Crippen molar-refractivity contribution >= 4 is 0 Å². The standard InChI is InChI=1S/C20H32O3/c1-19(14-22)9-3-10-20(2)17(6-4-15-8-11-23-13-15)16(12-21)5-7-18(19)20/h8,11,13,16-18,21-22H,3-7,9-10,12,14H2,1-2H3/t16-,17-,18-,19+,20+/m0/s1. The Morgan fingerprint density at radius 1 is 1.22 bits per heavy atom. The molecule has 0 amide bonds. The fourth-order valence-corrected chi connectivity index (χ4v) is 5.99. The van der Waals surface area contributed by atoms with Crippen LogP contribution in [-0.2, 0) is 6.42 Å². The van der Waals surface area contributed by atoms with Crippen molar-refractivity contribution in [3.8, 4) is 0 Å². The van der Waals surface area contributed by atoms with Crippen molar-refractivity contribution in [2.45, 2.75) is 58.8 Å². The van der Waals surface area contributed by atoms with Gasteiger partial charge in [0.05, 0.1) is 12.5 Å². The number of aryl methyl sites for hydroxylation is 1. The summed E-state index contributed by atoms with van der Waals surface area (Å²) in [6.45, 7) is 5.31. The number of hydrogen-bond acceptors (Lipinski definition) is 3. The molecular formula is C20H32O3. The minimum atomic E-state index is 0.0569. The Morgan fingerprint density at radius 3 is 2.70 bits per heavy atom. The second kappa shape index (κ2) is 6.60. The Labute approximate surface area is 140 Å². The highest BCUT2D eigenvalue weighted by atomic mass is 16.3. The van der Waals surface area contributed by atoms with Crippen molar-refractivity contribution < 1.29 is 14.6 Å². The Balaban J connectivity index is 1.83. The summed E-state index contributed by atoms with van der Waals surface area (Å²) in [6, 6.07) is 2.05. The summed E-state index contributed by atoms with van der Waals surface area (Å²) in [5.41, 5.74) is 1.56. The maximum absolute atomic E-state index is 10.0. The Bertz CT molecular complexity index is 497. The highest BCUT2D eigenvalue weighted by Gasteiger charge is 2.55. The molecule has 0 aromatic carbocycles. The Kier molecular flexibility index (Phi) is 4.89. The van der Waals surface area contributed by atoms with Crippen LogP contribution in [0.2, 0.25) is 0 Å². The van der Waals surface area contributed by atoms with Crippen molar-refractivity contribution in [1.29, 1.82) is 0 Å². The SMILES string of the molecule is C[C@]1(CO)CCC[C@]2(C)[C@@H](CCc3ccoc3)[C@H](CO)CC[C@@H]12. The van der Waals surface area contributed by atoms with Gasteiger partial charge in [-0.3, -0.25) is 0 Å². The van der Waals surface area contributed by atoms with Gasteiger partial charge in [0.25, 0.3) is 0 Å². The van der Waals surface area contributed by atoms with Crippen molar-refractivity contribution in [2.75, 3.05) is 13.2 Å². The van der Waals surface area contributed by atoms with Gasteiger partial charge < -0.3 is 14.6 Å². The van der Waals surface area contributed by atoms with Crippen LogP contribution in [0.15, 0.2) is 23.0 Å². The van der Waals surface area contributed by atoms with E-state index in [-0.39, 0.29) is 10.8 Å². The summed E-state index contributed by atoms with van der Waals surface area (Å²) in [7, 11) is 0. The van der Waals surface area contributed by atoms with E-state index in [1.54, 1.807) is 6.26 Å². The molecule has 0 aliphatic heterocycles. The number of furan rings is 1. The predicted molar refractivity (Wildman–Crippen MR) is 91.0 cm³/mol. The molecule has 130 valence electrons. The fraction of sp³-hybridized carbons (Fsp3) is 0.800. The summed E-state index contributed by atoms with van der Waals surface area (Å²) in [5.74, 6) is 1.52. The van der Waals surface area contributed by atoms with Gasteiger partial charge in [-0.25, -0.2) is 0 Å². The van der Waals surface area contributed by atoms with Crippen LogP contribution in [0.25, 0.3) is 0 Å². The molecule has 2 fully saturated rings. The second-order valence-corrected chi connectivity index (χ2v) is 8.52. The van der Waals surface area contributed by atoms with E-state index in [1.807, 2.05) is 6.26 Å². The van der Waals surface area contributed by atoms with Gasteiger partial charge in [0, 0.05) is 13.2 Å². The molecule has 3 rings (SSSR count). The van der Waals surface area contributed by atoms with Crippen molar-refractivity contribution in [2.24, 2.45) is 28.6 Å². The van der Waals surface area contributed by atoms with Crippen LogP contribution < -0.4 is 0 Å². The molecule has 3 nitrogen and oxygen atoms in total. The normalized spacial score (nSPS) is 40.8. The number of aliphatic hydroxyl groups is 2. The van der Waals surface area contributed by atoms with Gasteiger partial charge in [0.15, 0.2) is 0 Å². The van der Waals surface area contributed by atoms with Crippen molar-refractivity contribution in [3.63, 3.8) is 0 Å². The van der Waals surface area contributed by atoms with Crippen molar-refractivity contribution in [1.82, 2.24) is 0 Å². The van der Waals surface area contributed by atoms with Gasteiger partial charge in [-0.15, -0.1) is 0 Å². The third-order valence-electron chi connectivity index (χ3n) is 7.26. The van der Waals surface area contributed by atoms with Gasteiger partial charge >= 0.3 is 0 Å². The van der Waals surface area contributed by atoms with Gasteiger partial charge in [0.1, 0.15) is 0 Å². The van der Waals surface area contributed by atoms with Gasteiger partial charge in [-0.05, 0) is 78.7 Å². The topological polar surface area (TPSA) is 53.6 Å². The van der Waals surface area contributed by atoms with Crippen LogP contribution in [0, 0.1) is 28.6 Å². The molecule has 1 heterocycles. The van der Waals surface area contributed by atoms with Crippen LogP contribution in [0.4, 0.5) is 0 Å². The molecule has 2 aliphatic rings. The number of rotatable bonds is 5. The molecule has 5 atom stereocenters. The molecule has 2 saturated carbocycles. The zero-order chi connectivity index (χ0) is 16.5. The first-order valence-electron chi connectivity index (χ1n) is 9.26. The monoisotopic (exact) mass is 320 g/mol. The minimum absolute atomic E-state index is 0.0569. The smallest absolute Gasteiger partial charge is 0.0934 e. The van der Waals surface area contributed by atoms with Gasteiger partial charge in [-0.2, -0.15) is 0 Å². The highest BCUT2D eigenvalue weighted by Crippen LogP contribution is 2.61. The molecule has 0 bridgehead atoms. The highest BCUT2D eigenvalue weighted by molar-refractivity contribution is 5.08. The molecule has 2 N–H and O–H groups in total. The van der Waals surface area contributed by atoms with Gasteiger partial charge in [0.2, 0.25) is 0 Å². The van der Waals surface area contributed by atoms with Crippen LogP contribution in [0.1, 0.15) is 57.9 Å². The first kappa shape index (κ1) is 17.0. The summed E-state index contributed by atoms with van der Waals surface area (Å²) in [6.07, 6.45) is 11.5. The molecule has 3 heteroatoms. The zero-order valence-corrected chi connectivity index (χ0v) is 14.6. The molecule has 0 saturated heterocycles. The molecule has 0 radical (unpaired) electrons. The maximum atomic E-state index is 10.0. The average Bonchev–Trinajstić information content (AvgIpc) is 3.06. The lowest BCUT2D eigenvalue weighted by Gasteiger charge is -2.60. The summed E-state index contributed by atoms with van der Waals surface area (Å²) >= 11 is 0.